The van der Waals surface area contributed by atoms with Crippen molar-refractivity contribution >= 4 is 17.4 Å². The molecule has 5 rings (SSSR count). The van der Waals surface area contributed by atoms with Crippen LogP contribution in [0.2, 0.25) is 0 Å². The Labute approximate surface area is 200 Å². The summed E-state index contributed by atoms with van der Waals surface area (Å²) >= 11 is 1.93. The molecule has 174 valence electrons. The van der Waals surface area contributed by atoms with Crippen LogP contribution in [0.4, 0.5) is 4.79 Å². The molecule has 1 aromatic carbocycles. The van der Waals surface area contributed by atoms with Gasteiger partial charge in [0.05, 0.1) is 18.3 Å². The second-order valence-electron chi connectivity index (χ2n) is 9.00. The van der Waals surface area contributed by atoms with Gasteiger partial charge in [-0.15, -0.1) is 11.3 Å². The van der Waals surface area contributed by atoms with Crippen LogP contribution in [0.1, 0.15) is 65.1 Å². The quantitative estimate of drug-likeness (QED) is 0.482. The average Bonchev–Trinajstić information content (AvgIpc) is 3.44. The highest BCUT2D eigenvalue weighted by Crippen LogP contribution is 2.44. The number of carbonyl (C=O) groups excluding carboxylic acids is 1. The Kier molecular flexibility index (Phi) is 6.56. The third kappa shape index (κ3) is 4.22. The third-order valence-corrected chi connectivity index (χ3v) is 8.28. The second-order valence-corrected chi connectivity index (χ2v) is 10.1. The number of fused-ring (bicyclic) bond motifs is 5. The molecule has 0 spiro atoms. The number of hydrogen-bond donors (Lipinski definition) is 1. The molecule has 2 amide bonds. The Morgan fingerprint density at radius 3 is 2.76 bits per heavy atom. The van der Waals surface area contributed by atoms with Crippen molar-refractivity contribution in [2.24, 2.45) is 0 Å². The highest BCUT2D eigenvalue weighted by Gasteiger charge is 2.35. The molecular weight excluding hydrogens is 430 g/mol. The average molecular weight is 464 g/mol. The summed E-state index contributed by atoms with van der Waals surface area (Å²) in [5, 5.41) is 4.46. The van der Waals surface area contributed by atoms with E-state index in [0.29, 0.717) is 19.7 Å². The van der Waals surface area contributed by atoms with Crippen molar-refractivity contribution in [1.29, 1.82) is 0 Å². The Hall–Kier alpha value is -2.57. The normalized spacial score (nSPS) is 17.2. The minimum Gasteiger partial charge on any atom is -0.385 e. The lowest BCUT2D eigenvalue weighted by Crippen LogP contribution is -2.42. The van der Waals surface area contributed by atoms with Gasteiger partial charge in [-0.05, 0) is 67.3 Å². The summed E-state index contributed by atoms with van der Waals surface area (Å²) in [5.74, 6) is 0. The molecule has 2 aromatic heterocycles. The summed E-state index contributed by atoms with van der Waals surface area (Å²) in [6, 6.07) is 12.9. The molecule has 1 aliphatic carbocycles. The van der Waals surface area contributed by atoms with Gasteiger partial charge in [0.1, 0.15) is 5.00 Å². The molecule has 6 heteroatoms. The van der Waals surface area contributed by atoms with Crippen molar-refractivity contribution in [2.45, 2.75) is 58.0 Å². The van der Waals surface area contributed by atoms with Gasteiger partial charge in [-0.2, -0.15) is 0 Å². The smallest absolute Gasteiger partial charge is 0.318 e. The second kappa shape index (κ2) is 9.74. The number of methoxy groups -OCH3 is 1. The standard InChI is InChI=1S/C27H33N3O2S/c1-3-19-11-13-20(14-12-19)25-23-9-6-16-29(23)26-22(21-8-4-5-10-24(21)33-26)18-30(25)27(31)28-15-7-17-32-2/h6,9,11-14,16,25H,3-5,7-8,10,15,17-18H2,1-2H3,(H,28,31)/t25-/m1/s1. The number of nitrogens with one attached hydrogen (secondary N) is 1. The minimum absolute atomic E-state index is 0.00738. The number of ether oxygens (including phenoxy) is 1. The molecule has 1 atom stereocenters. The van der Waals surface area contributed by atoms with Gasteiger partial charge >= 0.3 is 6.03 Å². The molecule has 1 N–H and O–H groups in total. The van der Waals surface area contributed by atoms with Gasteiger partial charge in [0.2, 0.25) is 0 Å². The summed E-state index contributed by atoms with van der Waals surface area (Å²) in [6.45, 7) is 4.07. The van der Waals surface area contributed by atoms with Gasteiger partial charge in [-0.1, -0.05) is 31.2 Å². The van der Waals surface area contributed by atoms with Gasteiger partial charge in [-0.3, -0.25) is 0 Å². The van der Waals surface area contributed by atoms with Crippen LogP contribution in [0.25, 0.3) is 5.00 Å². The van der Waals surface area contributed by atoms with Crippen molar-refractivity contribution in [2.75, 3.05) is 20.3 Å². The maximum Gasteiger partial charge on any atom is 0.318 e. The number of aryl methyl sites for hydroxylation is 2. The van der Waals surface area contributed by atoms with Crippen LogP contribution < -0.4 is 5.32 Å². The molecule has 0 unspecified atom stereocenters. The molecule has 3 aromatic rings. The number of hydrogen-bond acceptors (Lipinski definition) is 3. The fourth-order valence-corrected chi connectivity index (χ4v) is 6.59. The first kappa shape index (κ1) is 22.2. The molecule has 0 saturated carbocycles. The van der Waals surface area contributed by atoms with Crippen LogP contribution in [0.3, 0.4) is 0 Å². The summed E-state index contributed by atoms with van der Waals surface area (Å²) in [4.78, 5) is 17.2. The van der Waals surface area contributed by atoms with Gasteiger partial charge in [0.15, 0.2) is 0 Å². The molecule has 0 bridgehead atoms. The number of amides is 2. The summed E-state index contributed by atoms with van der Waals surface area (Å²) in [7, 11) is 1.70. The van der Waals surface area contributed by atoms with E-state index in [-0.39, 0.29) is 12.1 Å². The maximum atomic E-state index is 13.6. The van der Waals surface area contributed by atoms with Gasteiger partial charge in [-0.25, -0.2) is 4.79 Å². The van der Waals surface area contributed by atoms with Crippen LogP contribution in [0.5, 0.6) is 0 Å². The van der Waals surface area contributed by atoms with E-state index < -0.39 is 0 Å². The zero-order chi connectivity index (χ0) is 22.8. The van der Waals surface area contributed by atoms with E-state index in [1.54, 1.807) is 7.11 Å². The largest absolute Gasteiger partial charge is 0.385 e. The topological polar surface area (TPSA) is 46.5 Å². The van der Waals surface area contributed by atoms with Crippen molar-refractivity contribution in [3.63, 3.8) is 0 Å². The first-order valence-electron chi connectivity index (χ1n) is 12.1. The van der Waals surface area contributed by atoms with E-state index in [2.05, 4.69) is 59.4 Å². The zero-order valence-electron chi connectivity index (χ0n) is 19.6. The SMILES string of the molecule is CCc1ccc([C@@H]2c3cccn3-c3sc4c(c3CN2C(=O)NCCCOC)CCCC4)cc1. The van der Waals surface area contributed by atoms with E-state index in [4.69, 9.17) is 4.74 Å². The predicted molar refractivity (Wildman–Crippen MR) is 133 cm³/mol. The van der Waals surface area contributed by atoms with E-state index in [9.17, 15) is 4.79 Å². The fourth-order valence-electron chi connectivity index (χ4n) is 5.19. The number of benzene rings is 1. The Morgan fingerprint density at radius 1 is 1.15 bits per heavy atom. The van der Waals surface area contributed by atoms with Crippen LogP contribution in [0.15, 0.2) is 42.6 Å². The first-order valence-corrected chi connectivity index (χ1v) is 13.0. The lowest BCUT2D eigenvalue weighted by Gasteiger charge is -2.31. The summed E-state index contributed by atoms with van der Waals surface area (Å²) in [5.41, 5.74) is 6.45. The highest BCUT2D eigenvalue weighted by atomic mass is 32.1. The van der Waals surface area contributed by atoms with E-state index in [1.165, 1.54) is 39.4 Å². The van der Waals surface area contributed by atoms with Crippen LogP contribution in [-0.4, -0.2) is 35.8 Å². The van der Waals surface area contributed by atoms with Crippen LogP contribution in [0, 0.1) is 0 Å². The molecular formula is C27H33N3O2S. The monoisotopic (exact) mass is 463 g/mol. The first-order chi connectivity index (χ1) is 16.2. The maximum absolute atomic E-state index is 13.6. The number of nitrogens with zero attached hydrogens (tertiary/aromatic N) is 2. The predicted octanol–water partition coefficient (Wildman–Crippen LogP) is 5.63. The van der Waals surface area contributed by atoms with Crippen molar-refractivity contribution in [1.82, 2.24) is 14.8 Å². The van der Waals surface area contributed by atoms with Crippen LogP contribution in [-0.2, 0) is 30.5 Å². The van der Waals surface area contributed by atoms with Gasteiger partial charge in [0, 0.05) is 36.9 Å². The molecule has 3 heterocycles. The number of carbonyl (C=O) groups is 1. The van der Waals surface area contributed by atoms with E-state index >= 15 is 0 Å². The van der Waals surface area contributed by atoms with Crippen molar-refractivity contribution in [3.05, 3.63) is 75.4 Å². The van der Waals surface area contributed by atoms with Crippen molar-refractivity contribution in [3.8, 4) is 5.00 Å². The number of urea groups is 1. The number of rotatable bonds is 6. The van der Waals surface area contributed by atoms with E-state index in [1.807, 2.05) is 16.2 Å². The third-order valence-electron chi connectivity index (χ3n) is 6.94. The number of aromatic nitrogens is 1. The minimum atomic E-state index is -0.132. The fraction of sp³-hybridized carbons (Fsp3) is 0.444. The molecule has 1 aliphatic heterocycles. The van der Waals surface area contributed by atoms with Crippen molar-refractivity contribution < 1.29 is 9.53 Å². The Bertz CT molecular complexity index is 1120. The number of thiophene rings is 1. The lowest BCUT2D eigenvalue weighted by atomic mass is 9.95. The molecule has 5 nitrogen and oxygen atoms in total. The van der Waals surface area contributed by atoms with Gasteiger partial charge in [0.25, 0.3) is 0 Å². The highest BCUT2D eigenvalue weighted by molar-refractivity contribution is 7.15. The molecule has 0 saturated heterocycles. The zero-order valence-corrected chi connectivity index (χ0v) is 20.4. The summed E-state index contributed by atoms with van der Waals surface area (Å²) in [6.07, 6.45) is 8.77. The summed E-state index contributed by atoms with van der Waals surface area (Å²) < 4.78 is 7.51. The van der Waals surface area contributed by atoms with E-state index in [0.717, 1.165) is 36.9 Å². The Morgan fingerprint density at radius 2 is 1.97 bits per heavy atom. The molecule has 33 heavy (non-hydrogen) atoms. The molecule has 2 aliphatic rings. The molecule has 0 fully saturated rings. The molecule has 0 radical (unpaired) electrons. The lowest BCUT2D eigenvalue weighted by molar-refractivity contribution is 0.174. The van der Waals surface area contributed by atoms with Crippen LogP contribution >= 0.6 is 11.3 Å². The van der Waals surface area contributed by atoms with Gasteiger partial charge < -0.3 is 19.5 Å². The Balaban J connectivity index is 1.58.